The van der Waals surface area contributed by atoms with Gasteiger partial charge in [0.05, 0.1) is 7.11 Å². The van der Waals surface area contributed by atoms with Crippen LogP contribution in [0.3, 0.4) is 0 Å². The van der Waals surface area contributed by atoms with Crippen LogP contribution in [0.25, 0.3) is 0 Å². The molecular weight excluding hydrogens is 250 g/mol. The molecule has 2 nitrogen and oxygen atoms in total. The lowest BCUT2D eigenvalue weighted by Gasteiger charge is -2.14. The van der Waals surface area contributed by atoms with E-state index < -0.39 is 11.6 Å². The molecule has 106 valence electrons. The van der Waals surface area contributed by atoms with Crippen molar-refractivity contribution >= 4 is 5.78 Å². The molecule has 0 aliphatic carbocycles. The Hall–Kier alpha value is -1.45. The van der Waals surface area contributed by atoms with Gasteiger partial charge in [-0.25, -0.2) is 4.39 Å². The van der Waals surface area contributed by atoms with Gasteiger partial charge in [-0.15, -0.1) is 0 Å². The number of ether oxygens (including phenoxy) is 1. The van der Waals surface area contributed by atoms with Gasteiger partial charge in [-0.05, 0) is 25.0 Å². The number of ketones is 1. The quantitative estimate of drug-likeness (QED) is 0.687. The van der Waals surface area contributed by atoms with Gasteiger partial charge in [0.25, 0.3) is 0 Å². The van der Waals surface area contributed by atoms with Gasteiger partial charge in [0.15, 0.2) is 17.3 Å². The molecule has 1 aromatic rings. The van der Waals surface area contributed by atoms with Crippen LogP contribution in [-0.2, 0) is 0 Å². The molecule has 1 unspecified atom stereocenters. The van der Waals surface area contributed by atoms with Crippen LogP contribution in [0.2, 0.25) is 0 Å². The second-order valence-electron chi connectivity index (χ2n) is 4.59. The van der Waals surface area contributed by atoms with E-state index in [1.165, 1.54) is 13.2 Å². The summed E-state index contributed by atoms with van der Waals surface area (Å²) in [5.41, 5.74) is 0.179. The second kappa shape index (κ2) is 7.22. The van der Waals surface area contributed by atoms with E-state index in [-0.39, 0.29) is 23.0 Å². The SMILES string of the molecule is CCCCC(CC)C(=O)c1cc(F)c(F)c(OC)c1. The van der Waals surface area contributed by atoms with E-state index in [0.717, 1.165) is 25.3 Å². The first-order chi connectivity index (χ1) is 9.04. The van der Waals surface area contributed by atoms with Crippen molar-refractivity contribution in [2.45, 2.75) is 39.5 Å². The van der Waals surface area contributed by atoms with Crippen molar-refractivity contribution in [1.29, 1.82) is 0 Å². The fourth-order valence-corrected chi connectivity index (χ4v) is 2.06. The van der Waals surface area contributed by atoms with Crippen molar-refractivity contribution in [3.05, 3.63) is 29.3 Å². The van der Waals surface area contributed by atoms with Crippen molar-refractivity contribution in [2.75, 3.05) is 7.11 Å². The lowest BCUT2D eigenvalue weighted by atomic mass is 9.90. The first-order valence-corrected chi connectivity index (χ1v) is 6.62. The number of unbranched alkanes of at least 4 members (excludes halogenated alkanes) is 1. The zero-order valence-corrected chi connectivity index (χ0v) is 11.6. The summed E-state index contributed by atoms with van der Waals surface area (Å²) in [7, 11) is 1.25. The number of methoxy groups -OCH3 is 1. The average molecular weight is 270 g/mol. The highest BCUT2D eigenvalue weighted by Gasteiger charge is 2.21. The molecule has 0 saturated carbocycles. The van der Waals surface area contributed by atoms with E-state index in [4.69, 9.17) is 4.74 Å². The highest BCUT2D eigenvalue weighted by Crippen LogP contribution is 2.25. The number of Topliss-reactive ketones (excluding diaryl/α,β-unsaturated/α-hetero) is 1. The van der Waals surface area contributed by atoms with E-state index >= 15 is 0 Å². The third kappa shape index (κ3) is 3.75. The van der Waals surface area contributed by atoms with Gasteiger partial charge in [-0.2, -0.15) is 4.39 Å². The Morgan fingerprint density at radius 1 is 1.32 bits per heavy atom. The van der Waals surface area contributed by atoms with Crippen LogP contribution in [-0.4, -0.2) is 12.9 Å². The molecule has 1 atom stereocenters. The Labute approximate surface area is 112 Å². The lowest BCUT2D eigenvalue weighted by Crippen LogP contribution is -2.15. The van der Waals surface area contributed by atoms with Gasteiger partial charge < -0.3 is 4.74 Å². The summed E-state index contributed by atoms with van der Waals surface area (Å²) in [6.45, 7) is 3.98. The molecule has 1 aromatic carbocycles. The molecular formula is C15H20F2O2. The van der Waals surface area contributed by atoms with Crippen molar-refractivity contribution < 1.29 is 18.3 Å². The minimum absolute atomic E-state index is 0.144. The molecule has 0 saturated heterocycles. The summed E-state index contributed by atoms with van der Waals surface area (Å²) in [6.07, 6.45) is 3.42. The molecule has 0 N–H and O–H groups in total. The first kappa shape index (κ1) is 15.6. The third-order valence-electron chi connectivity index (χ3n) is 3.27. The molecule has 4 heteroatoms. The van der Waals surface area contributed by atoms with Crippen LogP contribution in [0.1, 0.15) is 49.9 Å². The molecule has 0 amide bonds. The molecule has 0 spiro atoms. The molecule has 0 fully saturated rings. The topological polar surface area (TPSA) is 26.3 Å². The van der Waals surface area contributed by atoms with E-state index in [1.54, 1.807) is 0 Å². The van der Waals surface area contributed by atoms with E-state index in [2.05, 4.69) is 6.92 Å². The largest absolute Gasteiger partial charge is 0.494 e. The second-order valence-corrected chi connectivity index (χ2v) is 4.59. The normalized spacial score (nSPS) is 12.3. The maximum atomic E-state index is 13.4. The Balaban J connectivity index is 3.01. The van der Waals surface area contributed by atoms with E-state index in [9.17, 15) is 13.6 Å². The Bertz CT molecular complexity index is 444. The minimum atomic E-state index is -1.05. The van der Waals surface area contributed by atoms with Crippen molar-refractivity contribution in [3.63, 3.8) is 0 Å². The maximum Gasteiger partial charge on any atom is 0.200 e. The van der Waals surface area contributed by atoms with Crippen LogP contribution >= 0.6 is 0 Å². The Kier molecular flexibility index (Phi) is 5.93. The predicted molar refractivity (Wildman–Crippen MR) is 70.5 cm³/mol. The Morgan fingerprint density at radius 3 is 2.53 bits per heavy atom. The Morgan fingerprint density at radius 2 is 2.00 bits per heavy atom. The van der Waals surface area contributed by atoms with Gasteiger partial charge in [0, 0.05) is 11.5 Å². The smallest absolute Gasteiger partial charge is 0.200 e. The lowest BCUT2D eigenvalue weighted by molar-refractivity contribution is 0.0907. The molecule has 0 aliphatic heterocycles. The van der Waals surface area contributed by atoms with Gasteiger partial charge in [0.1, 0.15) is 0 Å². The van der Waals surface area contributed by atoms with E-state index in [1.807, 2.05) is 6.92 Å². The zero-order chi connectivity index (χ0) is 14.4. The first-order valence-electron chi connectivity index (χ1n) is 6.62. The number of carbonyl (C=O) groups excluding carboxylic acids is 1. The fourth-order valence-electron chi connectivity index (χ4n) is 2.06. The van der Waals surface area contributed by atoms with Crippen molar-refractivity contribution in [2.24, 2.45) is 5.92 Å². The van der Waals surface area contributed by atoms with Gasteiger partial charge in [0.2, 0.25) is 5.82 Å². The number of rotatable bonds is 7. The molecule has 0 aliphatic rings. The molecule has 0 radical (unpaired) electrons. The predicted octanol–water partition coefficient (Wildman–Crippen LogP) is 4.37. The minimum Gasteiger partial charge on any atom is -0.494 e. The summed E-state index contributed by atoms with van der Waals surface area (Å²) >= 11 is 0. The molecule has 19 heavy (non-hydrogen) atoms. The van der Waals surface area contributed by atoms with Gasteiger partial charge in [-0.1, -0.05) is 26.7 Å². The summed E-state index contributed by atoms with van der Waals surface area (Å²) in [5.74, 6) is -2.62. The van der Waals surface area contributed by atoms with Crippen LogP contribution in [0.5, 0.6) is 5.75 Å². The molecule has 0 bridgehead atoms. The van der Waals surface area contributed by atoms with Crippen LogP contribution in [0.15, 0.2) is 12.1 Å². The van der Waals surface area contributed by atoms with Crippen LogP contribution in [0.4, 0.5) is 8.78 Å². The van der Waals surface area contributed by atoms with Gasteiger partial charge >= 0.3 is 0 Å². The summed E-state index contributed by atoms with van der Waals surface area (Å²) in [5, 5.41) is 0. The fraction of sp³-hybridized carbons (Fsp3) is 0.533. The molecule has 0 heterocycles. The monoisotopic (exact) mass is 270 g/mol. The number of hydrogen-bond donors (Lipinski definition) is 0. The highest BCUT2D eigenvalue weighted by atomic mass is 19.2. The summed E-state index contributed by atoms with van der Waals surface area (Å²) < 4.78 is 31.5. The number of carbonyl (C=O) groups is 1. The standard InChI is InChI=1S/C15H20F2O2/c1-4-6-7-10(5-2)15(18)11-8-12(16)14(17)13(9-11)19-3/h8-10H,4-7H2,1-3H3. The van der Waals surface area contributed by atoms with Crippen LogP contribution in [0, 0.1) is 17.6 Å². The number of hydrogen-bond acceptors (Lipinski definition) is 2. The average Bonchev–Trinajstić information content (AvgIpc) is 2.42. The summed E-state index contributed by atoms with van der Waals surface area (Å²) in [6, 6.07) is 2.23. The molecule has 0 aromatic heterocycles. The summed E-state index contributed by atoms with van der Waals surface area (Å²) in [4.78, 5) is 12.3. The van der Waals surface area contributed by atoms with Crippen LogP contribution < -0.4 is 4.74 Å². The zero-order valence-electron chi connectivity index (χ0n) is 11.6. The maximum absolute atomic E-state index is 13.4. The third-order valence-corrected chi connectivity index (χ3v) is 3.27. The number of halogens is 2. The van der Waals surface area contributed by atoms with Crippen molar-refractivity contribution in [1.82, 2.24) is 0 Å². The van der Waals surface area contributed by atoms with Gasteiger partial charge in [-0.3, -0.25) is 4.79 Å². The molecule has 1 rings (SSSR count). The number of benzene rings is 1. The van der Waals surface area contributed by atoms with E-state index in [0.29, 0.717) is 6.42 Å². The van der Waals surface area contributed by atoms with Crippen molar-refractivity contribution in [3.8, 4) is 5.75 Å². The highest BCUT2D eigenvalue weighted by molar-refractivity contribution is 5.98.